The molecule has 0 saturated carbocycles. The van der Waals surface area contributed by atoms with E-state index in [9.17, 15) is 0 Å². The highest BCUT2D eigenvalue weighted by Crippen LogP contribution is 2.34. The number of ether oxygens (including phenoxy) is 2. The Balaban J connectivity index is 1.95. The highest BCUT2D eigenvalue weighted by molar-refractivity contribution is 7.99. The van der Waals surface area contributed by atoms with Gasteiger partial charge in [-0.05, 0) is 24.6 Å². The molecule has 0 bridgehead atoms. The minimum Gasteiger partial charge on any atom is -0.490 e. The lowest BCUT2D eigenvalue weighted by molar-refractivity contribution is 0.297. The molecule has 0 spiro atoms. The molecule has 1 aliphatic rings. The summed E-state index contributed by atoms with van der Waals surface area (Å²) in [4.78, 5) is 1.20. The first-order chi connectivity index (χ1) is 8.79. The van der Waals surface area contributed by atoms with Crippen LogP contribution in [0, 0.1) is 0 Å². The summed E-state index contributed by atoms with van der Waals surface area (Å²) in [6.07, 6.45) is 3.17. The maximum absolute atomic E-state index is 6.02. The van der Waals surface area contributed by atoms with Gasteiger partial charge in [0.1, 0.15) is 0 Å². The van der Waals surface area contributed by atoms with E-state index in [0.29, 0.717) is 0 Å². The molecule has 1 heterocycles. The van der Waals surface area contributed by atoms with Gasteiger partial charge < -0.3 is 15.2 Å². The van der Waals surface area contributed by atoms with Crippen LogP contribution >= 0.6 is 11.8 Å². The minimum atomic E-state index is 0.274. The lowest BCUT2D eigenvalue weighted by Crippen LogP contribution is -2.22. The third-order valence-electron chi connectivity index (χ3n) is 2.84. The summed E-state index contributed by atoms with van der Waals surface area (Å²) in [5, 5.41) is 0. The van der Waals surface area contributed by atoms with Gasteiger partial charge >= 0.3 is 0 Å². The van der Waals surface area contributed by atoms with Crippen molar-refractivity contribution in [2.24, 2.45) is 5.73 Å². The van der Waals surface area contributed by atoms with E-state index in [-0.39, 0.29) is 6.04 Å². The van der Waals surface area contributed by atoms with Crippen molar-refractivity contribution >= 4 is 11.8 Å². The quantitative estimate of drug-likeness (QED) is 0.833. The molecule has 1 atom stereocenters. The van der Waals surface area contributed by atoms with E-state index in [1.807, 2.05) is 6.07 Å². The van der Waals surface area contributed by atoms with Crippen LogP contribution in [0.3, 0.4) is 0 Å². The van der Waals surface area contributed by atoms with Gasteiger partial charge in [0, 0.05) is 23.1 Å². The zero-order valence-corrected chi connectivity index (χ0v) is 11.7. The number of thioether (sulfide) groups is 1. The monoisotopic (exact) mass is 267 g/mol. The van der Waals surface area contributed by atoms with E-state index in [1.165, 1.54) is 4.90 Å². The number of nitrogens with two attached hydrogens (primary N) is 1. The number of hydrogen-bond acceptors (Lipinski definition) is 4. The molecule has 1 aromatic rings. The zero-order chi connectivity index (χ0) is 12.8. The third kappa shape index (κ3) is 3.82. The molecule has 2 N–H and O–H groups in total. The molecule has 1 unspecified atom stereocenters. The van der Waals surface area contributed by atoms with Crippen molar-refractivity contribution in [3.8, 4) is 11.5 Å². The van der Waals surface area contributed by atoms with Crippen LogP contribution in [-0.4, -0.2) is 25.0 Å². The van der Waals surface area contributed by atoms with Crippen LogP contribution in [0.1, 0.15) is 26.2 Å². The summed E-state index contributed by atoms with van der Waals surface area (Å²) in [6, 6.07) is 6.41. The van der Waals surface area contributed by atoms with Crippen LogP contribution in [0.25, 0.3) is 0 Å². The van der Waals surface area contributed by atoms with Crippen LogP contribution in [0.4, 0.5) is 0 Å². The lowest BCUT2D eigenvalue weighted by Gasteiger charge is -2.11. The second-order valence-electron chi connectivity index (χ2n) is 4.52. The Morgan fingerprint density at radius 2 is 2.06 bits per heavy atom. The Hall–Kier alpha value is -0.870. The third-order valence-corrected chi connectivity index (χ3v) is 4.02. The number of benzene rings is 1. The van der Waals surface area contributed by atoms with E-state index in [4.69, 9.17) is 15.2 Å². The Morgan fingerprint density at radius 3 is 2.83 bits per heavy atom. The summed E-state index contributed by atoms with van der Waals surface area (Å²) in [5.41, 5.74) is 6.02. The Kier molecular flexibility index (Phi) is 5.20. The van der Waals surface area contributed by atoms with E-state index in [1.54, 1.807) is 11.8 Å². The number of rotatable bonds is 5. The van der Waals surface area contributed by atoms with Crippen LogP contribution in [0.5, 0.6) is 11.5 Å². The van der Waals surface area contributed by atoms with Gasteiger partial charge in [0.2, 0.25) is 0 Å². The predicted molar refractivity (Wildman–Crippen MR) is 75.7 cm³/mol. The normalized spacial score (nSPS) is 16.1. The molecule has 0 radical (unpaired) electrons. The molecule has 0 amide bonds. The van der Waals surface area contributed by atoms with Crippen molar-refractivity contribution in [2.45, 2.75) is 37.1 Å². The van der Waals surface area contributed by atoms with Crippen molar-refractivity contribution in [2.75, 3.05) is 19.0 Å². The van der Waals surface area contributed by atoms with Gasteiger partial charge in [-0.15, -0.1) is 11.8 Å². The Bertz CT molecular complexity index is 384. The summed E-state index contributed by atoms with van der Waals surface area (Å²) >= 11 is 1.79. The molecular formula is C14H21NO2S. The van der Waals surface area contributed by atoms with Crippen LogP contribution in [0.2, 0.25) is 0 Å². The first kappa shape index (κ1) is 13.6. The van der Waals surface area contributed by atoms with E-state index >= 15 is 0 Å². The van der Waals surface area contributed by atoms with Crippen molar-refractivity contribution in [3.63, 3.8) is 0 Å². The van der Waals surface area contributed by atoms with Crippen molar-refractivity contribution in [1.82, 2.24) is 0 Å². The molecular weight excluding hydrogens is 246 g/mol. The number of fused-ring (bicyclic) bond motifs is 1. The molecule has 100 valence electrons. The summed E-state index contributed by atoms with van der Waals surface area (Å²) in [6.45, 7) is 3.63. The largest absolute Gasteiger partial charge is 0.490 e. The van der Waals surface area contributed by atoms with Gasteiger partial charge in [-0.3, -0.25) is 0 Å². The second-order valence-corrected chi connectivity index (χ2v) is 5.61. The molecule has 2 rings (SSSR count). The maximum Gasteiger partial charge on any atom is 0.162 e. The minimum absolute atomic E-state index is 0.274. The van der Waals surface area contributed by atoms with Crippen molar-refractivity contribution in [1.29, 1.82) is 0 Å². The summed E-state index contributed by atoms with van der Waals surface area (Å²) < 4.78 is 11.3. The van der Waals surface area contributed by atoms with E-state index in [0.717, 1.165) is 49.7 Å². The zero-order valence-electron chi connectivity index (χ0n) is 10.9. The molecule has 0 fully saturated rings. The van der Waals surface area contributed by atoms with Gasteiger partial charge in [0.05, 0.1) is 13.2 Å². The first-order valence-corrected chi connectivity index (χ1v) is 7.56. The summed E-state index contributed by atoms with van der Waals surface area (Å²) in [5.74, 6) is 2.67. The van der Waals surface area contributed by atoms with E-state index in [2.05, 4.69) is 19.1 Å². The molecule has 1 aromatic carbocycles. The molecule has 1 aliphatic heterocycles. The maximum atomic E-state index is 6.02. The lowest BCUT2D eigenvalue weighted by atomic mass is 10.2. The fourth-order valence-electron chi connectivity index (χ4n) is 1.89. The average Bonchev–Trinajstić information content (AvgIpc) is 2.61. The summed E-state index contributed by atoms with van der Waals surface area (Å²) in [7, 11) is 0. The molecule has 4 heteroatoms. The second kappa shape index (κ2) is 6.90. The van der Waals surface area contributed by atoms with Crippen LogP contribution in [0.15, 0.2) is 23.1 Å². The van der Waals surface area contributed by atoms with Crippen LogP contribution < -0.4 is 15.2 Å². The fraction of sp³-hybridized carbons (Fsp3) is 0.571. The topological polar surface area (TPSA) is 44.5 Å². The van der Waals surface area contributed by atoms with Crippen molar-refractivity contribution in [3.05, 3.63) is 18.2 Å². The van der Waals surface area contributed by atoms with Gasteiger partial charge in [-0.2, -0.15) is 0 Å². The SMILES string of the molecule is CCCC(N)CSc1ccc2c(c1)OCCCO2. The first-order valence-electron chi connectivity index (χ1n) is 6.57. The molecule has 18 heavy (non-hydrogen) atoms. The Labute approximate surface area is 113 Å². The van der Waals surface area contributed by atoms with E-state index < -0.39 is 0 Å². The Morgan fingerprint density at radius 1 is 1.28 bits per heavy atom. The molecule has 0 saturated heterocycles. The highest BCUT2D eigenvalue weighted by Gasteiger charge is 2.11. The van der Waals surface area contributed by atoms with Gasteiger partial charge in [-0.25, -0.2) is 0 Å². The number of hydrogen-bond donors (Lipinski definition) is 1. The highest BCUT2D eigenvalue weighted by atomic mass is 32.2. The van der Waals surface area contributed by atoms with Gasteiger partial charge in [0.25, 0.3) is 0 Å². The standard InChI is InChI=1S/C14H21NO2S/c1-2-4-11(15)10-18-12-5-6-13-14(9-12)17-8-3-7-16-13/h5-6,9,11H,2-4,7-8,10,15H2,1H3. The van der Waals surface area contributed by atoms with Crippen molar-refractivity contribution < 1.29 is 9.47 Å². The van der Waals surface area contributed by atoms with Crippen LogP contribution in [-0.2, 0) is 0 Å². The predicted octanol–water partition coefficient (Wildman–Crippen LogP) is 3.07. The fourth-order valence-corrected chi connectivity index (χ4v) is 2.82. The molecule has 0 aliphatic carbocycles. The molecule has 3 nitrogen and oxygen atoms in total. The van der Waals surface area contributed by atoms with Gasteiger partial charge in [-0.1, -0.05) is 13.3 Å². The van der Waals surface area contributed by atoms with Gasteiger partial charge in [0.15, 0.2) is 11.5 Å². The smallest absolute Gasteiger partial charge is 0.162 e. The average molecular weight is 267 g/mol. The molecule has 0 aromatic heterocycles.